The summed E-state index contributed by atoms with van der Waals surface area (Å²) in [6.45, 7) is 1.83. The van der Waals surface area contributed by atoms with E-state index in [1.165, 1.54) is 0 Å². The molecule has 0 fully saturated rings. The number of carbonyl (C=O) groups is 1. The molecule has 0 spiro atoms. The number of hydrogen-bond acceptors (Lipinski definition) is 1. The highest BCUT2D eigenvalue weighted by Crippen LogP contribution is 2.30. The standard InChI is InChI=1S/C18H14BrNO2/c1-12-16(18(21)22)11-17(13-6-3-2-4-7-13)20(12)15-9-5-8-14(19)10-15/h2-11H,1H3,(H,21,22). The second kappa shape index (κ2) is 5.81. The SMILES string of the molecule is Cc1c(C(=O)O)cc(-c2ccccc2)n1-c1cccc(Br)c1. The van der Waals surface area contributed by atoms with Crippen molar-refractivity contribution in [2.75, 3.05) is 0 Å². The van der Waals surface area contributed by atoms with Crippen molar-refractivity contribution in [2.45, 2.75) is 6.92 Å². The van der Waals surface area contributed by atoms with Crippen LogP contribution in [0.1, 0.15) is 16.1 Å². The summed E-state index contributed by atoms with van der Waals surface area (Å²) in [7, 11) is 0. The van der Waals surface area contributed by atoms with Crippen LogP contribution < -0.4 is 0 Å². The molecule has 1 N–H and O–H groups in total. The molecule has 0 amide bonds. The monoisotopic (exact) mass is 355 g/mol. The molecular formula is C18H14BrNO2. The molecule has 3 aromatic rings. The molecule has 0 atom stereocenters. The van der Waals surface area contributed by atoms with Gasteiger partial charge in [0.15, 0.2) is 0 Å². The first kappa shape index (κ1) is 14.6. The number of aromatic nitrogens is 1. The Morgan fingerprint density at radius 1 is 1.05 bits per heavy atom. The Morgan fingerprint density at radius 3 is 2.41 bits per heavy atom. The molecule has 0 saturated heterocycles. The lowest BCUT2D eigenvalue weighted by Gasteiger charge is -2.12. The van der Waals surface area contributed by atoms with Crippen LogP contribution in [0.5, 0.6) is 0 Å². The molecule has 0 bridgehead atoms. The Labute approximate surface area is 137 Å². The molecular weight excluding hydrogens is 342 g/mol. The molecule has 2 aromatic carbocycles. The quantitative estimate of drug-likeness (QED) is 0.724. The van der Waals surface area contributed by atoms with Crippen molar-refractivity contribution < 1.29 is 9.90 Å². The second-order valence-corrected chi connectivity index (χ2v) is 5.93. The molecule has 0 saturated carbocycles. The van der Waals surface area contributed by atoms with Gasteiger partial charge in [-0.2, -0.15) is 0 Å². The topological polar surface area (TPSA) is 42.2 Å². The minimum Gasteiger partial charge on any atom is -0.478 e. The predicted octanol–water partition coefficient (Wildman–Crippen LogP) is 4.91. The third-order valence-electron chi connectivity index (χ3n) is 3.61. The van der Waals surface area contributed by atoms with Crippen LogP contribution in [0.2, 0.25) is 0 Å². The Balaban J connectivity index is 2.30. The van der Waals surface area contributed by atoms with E-state index in [1.807, 2.05) is 66.1 Å². The van der Waals surface area contributed by atoms with Crippen LogP contribution in [-0.2, 0) is 0 Å². The third kappa shape index (κ3) is 2.57. The van der Waals surface area contributed by atoms with Crippen LogP contribution in [0.15, 0.2) is 65.1 Å². The average Bonchev–Trinajstić information content (AvgIpc) is 2.86. The van der Waals surface area contributed by atoms with Crippen LogP contribution in [0.4, 0.5) is 0 Å². The van der Waals surface area contributed by atoms with Gasteiger partial charge in [-0.3, -0.25) is 0 Å². The van der Waals surface area contributed by atoms with Gasteiger partial charge in [0, 0.05) is 15.9 Å². The summed E-state index contributed by atoms with van der Waals surface area (Å²) < 4.78 is 2.93. The van der Waals surface area contributed by atoms with Gasteiger partial charge in [-0.1, -0.05) is 52.3 Å². The Morgan fingerprint density at radius 2 is 1.77 bits per heavy atom. The highest BCUT2D eigenvalue weighted by Gasteiger charge is 2.18. The summed E-state index contributed by atoms with van der Waals surface area (Å²) in [6, 6.07) is 19.4. The maximum atomic E-state index is 11.5. The molecule has 110 valence electrons. The summed E-state index contributed by atoms with van der Waals surface area (Å²) in [5.41, 5.74) is 3.81. The van der Waals surface area contributed by atoms with E-state index < -0.39 is 5.97 Å². The zero-order valence-corrected chi connectivity index (χ0v) is 13.5. The number of hydrogen-bond donors (Lipinski definition) is 1. The van der Waals surface area contributed by atoms with Crippen LogP contribution in [0, 0.1) is 6.92 Å². The molecule has 0 aliphatic carbocycles. The fourth-order valence-corrected chi connectivity index (χ4v) is 2.98. The van der Waals surface area contributed by atoms with E-state index >= 15 is 0 Å². The number of nitrogens with zero attached hydrogens (tertiary/aromatic N) is 1. The molecule has 3 nitrogen and oxygen atoms in total. The van der Waals surface area contributed by atoms with Crippen molar-refractivity contribution >= 4 is 21.9 Å². The molecule has 1 heterocycles. The van der Waals surface area contributed by atoms with Crippen LogP contribution in [-0.4, -0.2) is 15.6 Å². The molecule has 0 aliphatic rings. The zero-order chi connectivity index (χ0) is 15.7. The van der Waals surface area contributed by atoms with Gasteiger partial charge in [-0.25, -0.2) is 4.79 Å². The van der Waals surface area contributed by atoms with Crippen molar-refractivity contribution in [3.63, 3.8) is 0 Å². The first-order chi connectivity index (χ1) is 10.6. The lowest BCUT2D eigenvalue weighted by Crippen LogP contribution is -2.02. The van der Waals surface area contributed by atoms with E-state index in [2.05, 4.69) is 15.9 Å². The van der Waals surface area contributed by atoms with Crippen molar-refractivity contribution in [1.82, 2.24) is 4.57 Å². The van der Waals surface area contributed by atoms with Gasteiger partial charge in [-0.05, 0) is 36.8 Å². The number of benzene rings is 2. The van der Waals surface area contributed by atoms with E-state index in [-0.39, 0.29) is 0 Å². The van der Waals surface area contributed by atoms with E-state index in [0.29, 0.717) is 11.3 Å². The lowest BCUT2D eigenvalue weighted by atomic mass is 10.1. The summed E-state index contributed by atoms with van der Waals surface area (Å²) in [4.78, 5) is 11.5. The summed E-state index contributed by atoms with van der Waals surface area (Å²) in [5.74, 6) is -0.913. The highest BCUT2D eigenvalue weighted by molar-refractivity contribution is 9.10. The maximum Gasteiger partial charge on any atom is 0.337 e. The first-order valence-electron chi connectivity index (χ1n) is 6.85. The lowest BCUT2D eigenvalue weighted by molar-refractivity contribution is 0.0696. The molecule has 0 radical (unpaired) electrons. The van der Waals surface area contributed by atoms with Crippen LogP contribution in [0.25, 0.3) is 16.9 Å². The highest BCUT2D eigenvalue weighted by atomic mass is 79.9. The van der Waals surface area contributed by atoms with Crippen molar-refractivity contribution in [1.29, 1.82) is 0 Å². The van der Waals surface area contributed by atoms with Gasteiger partial charge in [0.2, 0.25) is 0 Å². The molecule has 0 aliphatic heterocycles. The Hall–Kier alpha value is -2.33. The van der Waals surface area contributed by atoms with Gasteiger partial charge >= 0.3 is 5.97 Å². The van der Waals surface area contributed by atoms with Crippen molar-refractivity contribution in [3.05, 3.63) is 76.4 Å². The van der Waals surface area contributed by atoms with Crippen LogP contribution >= 0.6 is 15.9 Å². The normalized spacial score (nSPS) is 10.6. The van der Waals surface area contributed by atoms with E-state index in [1.54, 1.807) is 6.07 Å². The minimum absolute atomic E-state index is 0.318. The van der Waals surface area contributed by atoms with Crippen molar-refractivity contribution in [3.8, 4) is 16.9 Å². The molecule has 0 unspecified atom stereocenters. The third-order valence-corrected chi connectivity index (χ3v) is 4.11. The minimum atomic E-state index is -0.913. The summed E-state index contributed by atoms with van der Waals surface area (Å²) in [6.07, 6.45) is 0. The van der Waals surface area contributed by atoms with Gasteiger partial charge in [0.25, 0.3) is 0 Å². The van der Waals surface area contributed by atoms with Gasteiger partial charge in [-0.15, -0.1) is 0 Å². The maximum absolute atomic E-state index is 11.5. The van der Waals surface area contributed by atoms with Gasteiger partial charge < -0.3 is 9.67 Å². The van der Waals surface area contributed by atoms with Crippen LogP contribution in [0.3, 0.4) is 0 Å². The number of halogens is 1. The number of aromatic carboxylic acids is 1. The predicted molar refractivity (Wildman–Crippen MR) is 90.6 cm³/mol. The molecule has 3 rings (SSSR count). The fraction of sp³-hybridized carbons (Fsp3) is 0.0556. The van der Waals surface area contributed by atoms with E-state index in [9.17, 15) is 9.90 Å². The molecule has 1 aromatic heterocycles. The molecule has 4 heteroatoms. The average molecular weight is 356 g/mol. The van der Waals surface area contributed by atoms with E-state index in [0.717, 1.165) is 21.4 Å². The van der Waals surface area contributed by atoms with Gasteiger partial charge in [0.1, 0.15) is 0 Å². The van der Waals surface area contributed by atoms with Crippen molar-refractivity contribution in [2.24, 2.45) is 0 Å². The number of carboxylic acid groups (broad SMARTS) is 1. The smallest absolute Gasteiger partial charge is 0.337 e. The Bertz CT molecular complexity index is 838. The second-order valence-electron chi connectivity index (χ2n) is 5.02. The molecule has 22 heavy (non-hydrogen) atoms. The first-order valence-corrected chi connectivity index (χ1v) is 7.64. The van der Waals surface area contributed by atoms with E-state index in [4.69, 9.17) is 0 Å². The Kier molecular flexibility index (Phi) is 3.86. The van der Waals surface area contributed by atoms with Gasteiger partial charge in [0.05, 0.1) is 11.3 Å². The number of carboxylic acids is 1. The zero-order valence-electron chi connectivity index (χ0n) is 12.0. The summed E-state index contributed by atoms with van der Waals surface area (Å²) >= 11 is 3.47. The largest absolute Gasteiger partial charge is 0.478 e. The number of rotatable bonds is 3. The summed E-state index contributed by atoms with van der Waals surface area (Å²) in [5, 5.41) is 9.43. The fourth-order valence-electron chi connectivity index (χ4n) is 2.59.